The predicted octanol–water partition coefficient (Wildman–Crippen LogP) is 2.49. The number of hydrogen-bond donors (Lipinski definition) is 2. The summed E-state index contributed by atoms with van der Waals surface area (Å²) in [6.45, 7) is 5.42. The number of piperidine rings is 1. The van der Waals surface area contributed by atoms with Gasteiger partial charge in [-0.2, -0.15) is 0 Å². The van der Waals surface area contributed by atoms with Crippen LogP contribution in [0.2, 0.25) is 0 Å². The minimum absolute atomic E-state index is 0.0722. The molecule has 2 N–H and O–H groups in total. The van der Waals surface area contributed by atoms with E-state index in [-0.39, 0.29) is 23.7 Å². The average Bonchev–Trinajstić information content (AvgIpc) is 2.51. The molecular weight excluding hydrogens is 283 g/mol. The van der Waals surface area contributed by atoms with E-state index in [4.69, 9.17) is 4.74 Å². The molecular formula is C17H25FN2O2. The zero-order chi connectivity index (χ0) is 15.9. The van der Waals surface area contributed by atoms with Crippen LogP contribution in [0.3, 0.4) is 0 Å². The Balaban J connectivity index is 1.81. The minimum Gasteiger partial charge on any atom is -0.489 e. The zero-order valence-electron chi connectivity index (χ0n) is 13.3. The van der Waals surface area contributed by atoms with E-state index in [1.807, 2.05) is 6.92 Å². The van der Waals surface area contributed by atoms with Gasteiger partial charge in [0.2, 0.25) is 5.91 Å². The van der Waals surface area contributed by atoms with Crippen molar-refractivity contribution in [2.45, 2.75) is 45.3 Å². The van der Waals surface area contributed by atoms with Crippen LogP contribution in [0.15, 0.2) is 24.3 Å². The van der Waals surface area contributed by atoms with Crippen LogP contribution in [0.1, 0.15) is 33.1 Å². The van der Waals surface area contributed by atoms with E-state index in [0.717, 1.165) is 25.8 Å². The molecule has 0 saturated carbocycles. The molecule has 4 nitrogen and oxygen atoms in total. The van der Waals surface area contributed by atoms with Gasteiger partial charge >= 0.3 is 0 Å². The Morgan fingerprint density at radius 1 is 1.55 bits per heavy atom. The van der Waals surface area contributed by atoms with Crippen LogP contribution in [0.25, 0.3) is 0 Å². The monoisotopic (exact) mass is 308 g/mol. The van der Waals surface area contributed by atoms with Crippen LogP contribution < -0.4 is 15.4 Å². The normalized spacial score (nSPS) is 22.9. The molecule has 1 aromatic rings. The molecule has 1 saturated heterocycles. The molecule has 0 aliphatic carbocycles. The van der Waals surface area contributed by atoms with Gasteiger partial charge in [0.25, 0.3) is 0 Å². The maximum Gasteiger partial charge on any atom is 0.223 e. The van der Waals surface area contributed by atoms with Crippen molar-refractivity contribution >= 4 is 5.91 Å². The SMILES string of the molecule is CCC(CNC(=O)[C@H]1CCN[C@@H](C)C1)Oc1cccc(F)c1. The highest BCUT2D eigenvalue weighted by atomic mass is 19.1. The van der Waals surface area contributed by atoms with Crippen molar-refractivity contribution in [3.63, 3.8) is 0 Å². The van der Waals surface area contributed by atoms with Crippen LogP contribution in [-0.4, -0.2) is 31.1 Å². The van der Waals surface area contributed by atoms with E-state index < -0.39 is 0 Å². The summed E-state index contributed by atoms with van der Waals surface area (Å²) >= 11 is 0. The Kier molecular flexibility index (Phi) is 6.19. The first-order valence-corrected chi connectivity index (χ1v) is 8.01. The molecule has 1 unspecified atom stereocenters. The summed E-state index contributed by atoms with van der Waals surface area (Å²) in [6, 6.07) is 6.47. The molecule has 5 heteroatoms. The van der Waals surface area contributed by atoms with Crippen molar-refractivity contribution in [2.24, 2.45) is 5.92 Å². The Hall–Kier alpha value is -1.62. The van der Waals surface area contributed by atoms with Gasteiger partial charge in [0.05, 0.1) is 6.54 Å². The molecule has 3 atom stereocenters. The largest absolute Gasteiger partial charge is 0.489 e. The summed E-state index contributed by atoms with van der Waals surface area (Å²) in [5, 5.41) is 6.31. The number of amides is 1. The van der Waals surface area contributed by atoms with E-state index in [0.29, 0.717) is 18.3 Å². The van der Waals surface area contributed by atoms with Crippen LogP contribution in [0.5, 0.6) is 5.75 Å². The first kappa shape index (κ1) is 16.7. The summed E-state index contributed by atoms with van der Waals surface area (Å²) in [4.78, 5) is 12.2. The Labute approximate surface area is 131 Å². The molecule has 0 bridgehead atoms. The Morgan fingerprint density at radius 3 is 3.05 bits per heavy atom. The maximum atomic E-state index is 13.2. The molecule has 1 aromatic carbocycles. The minimum atomic E-state index is -0.319. The number of benzene rings is 1. The van der Waals surface area contributed by atoms with Gasteiger partial charge in [-0.1, -0.05) is 13.0 Å². The second-order valence-electron chi connectivity index (χ2n) is 5.93. The molecule has 1 amide bonds. The van der Waals surface area contributed by atoms with Gasteiger partial charge in [0, 0.05) is 18.0 Å². The van der Waals surface area contributed by atoms with Gasteiger partial charge in [-0.05, 0) is 44.9 Å². The smallest absolute Gasteiger partial charge is 0.223 e. The fourth-order valence-corrected chi connectivity index (χ4v) is 2.73. The molecule has 122 valence electrons. The third-order valence-corrected chi connectivity index (χ3v) is 4.05. The highest BCUT2D eigenvalue weighted by Gasteiger charge is 2.25. The van der Waals surface area contributed by atoms with Gasteiger partial charge in [-0.25, -0.2) is 4.39 Å². The van der Waals surface area contributed by atoms with Crippen molar-refractivity contribution in [3.05, 3.63) is 30.1 Å². The summed E-state index contributed by atoms with van der Waals surface area (Å²) < 4.78 is 18.9. The second kappa shape index (κ2) is 8.13. The van der Waals surface area contributed by atoms with E-state index in [1.54, 1.807) is 12.1 Å². The summed E-state index contributed by atoms with van der Waals surface area (Å²) in [6.07, 6.45) is 2.34. The zero-order valence-corrected chi connectivity index (χ0v) is 13.3. The van der Waals surface area contributed by atoms with Crippen LogP contribution >= 0.6 is 0 Å². The molecule has 22 heavy (non-hydrogen) atoms. The quantitative estimate of drug-likeness (QED) is 0.849. The molecule has 1 fully saturated rings. The lowest BCUT2D eigenvalue weighted by Crippen LogP contribution is -2.44. The van der Waals surface area contributed by atoms with Gasteiger partial charge in [-0.15, -0.1) is 0 Å². The molecule has 0 aromatic heterocycles. The lowest BCUT2D eigenvalue weighted by atomic mass is 9.92. The third kappa shape index (κ3) is 4.98. The van der Waals surface area contributed by atoms with E-state index >= 15 is 0 Å². The molecule has 1 aliphatic rings. The van der Waals surface area contributed by atoms with Gasteiger partial charge in [0.1, 0.15) is 17.7 Å². The van der Waals surface area contributed by atoms with E-state index in [9.17, 15) is 9.18 Å². The van der Waals surface area contributed by atoms with Crippen LogP contribution in [0, 0.1) is 11.7 Å². The number of ether oxygens (including phenoxy) is 1. The topological polar surface area (TPSA) is 50.4 Å². The predicted molar refractivity (Wildman–Crippen MR) is 84.3 cm³/mol. The standard InChI is InChI=1S/C17H25FN2O2/c1-3-15(22-16-6-4-5-14(18)10-16)11-20-17(21)13-7-8-19-12(2)9-13/h4-6,10,12-13,15,19H,3,7-9,11H2,1-2H3,(H,20,21)/t12-,13-,15?/m0/s1. The highest BCUT2D eigenvalue weighted by molar-refractivity contribution is 5.78. The second-order valence-corrected chi connectivity index (χ2v) is 5.93. The molecule has 1 heterocycles. The van der Waals surface area contributed by atoms with Crippen LogP contribution in [-0.2, 0) is 4.79 Å². The van der Waals surface area contributed by atoms with Crippen LogP contribution in [0.4, 0.5) is 4.39 Å². The molecule has 0 radical (unpaired) electrons. The van der Waals surface area contributed by atoms with Gasteiger partial charge in [0.15, 0.2) is 0 Å². The van der Waals surface area contributed by atoms with Crippen molar-refractivity contribution in [3.8, 4) is 5.75 Å². The number of carbonyl (C=O) groups is 1. The van der Waals surface area contributed by atoms with Crippen molar-refractivity contribution in [2.75, 3.05) is 13.1 Å². The average molecular weight is 308 g/mol. The lowest BCUT2D eigenvalue weighted by molar-refractivity contribution is -0.126. The Morgan fingerprint density at radius 2 is 2.36 bits per heavy atom. The number of nitrogens with one attached hydrogen (secondary N) is 2. The highest BCUT2D eigenvalue weighted by Crippen LogP contribution is 2.17. The Bertz CT molecular complexity index is 495. The molecule has 2 rings (SSSR count). The fourth-order valence-electron chi connectivity index (χ4n) is 2.73. The third-order valence-electron chi connectivity index (χ3n) is 4.05. The van der Waals surface area contributed by atoms with Gasteiger partial charge < -0.3 is 15.4 Å². The number of rotatable bonds is 6. The number of hydrogen-bond acceptors (Lipinski definition) is 3. The number of halogens is 1. The summed E-state index contributed by atoms with van der Waals surface area (Å²) in [5.41, 5.74) is 0. The van der Waals surface area contributed by atoms with E-state index in [1.165, 1.54) is 12.1 Å². The molecule has 0 spiro atoms. The fraction of sp³-hybridized carbons (Fsp3) is 0.588. The number of carbonyl (C=O) groups excluding carboxylic acids is 1. The summed E-state index contributed by atoms with van der Waals surface area (Å²) in [7, 11) is 0. The first-order valence-electron chi connectivity index (χ1n) is 8.01. The maximum absolute atomic E-state index is 13.2. The van der Waals surface area contributed by atoms with Gasteiger partial charge in [-0.3, -0.25) is 4.79 Å². The lowest BCUT2D eigenvalue weighted by Gasteiger charge is -2.27. The van der Waals surface area contributed by atoms with Crippen molar-refractivity contribution in [1.82, 2.24) is 10.6 Å². The molecule has 1 aliphatic heterocycles. The first-order chi connectivity index (χ1) is 10.6. The van der Waals surface area contributed by atoms with Crippen molar-refractivity contribution < 1.29 is 13.9 Å². The summed E-state index contributed by atoms with van der Waals surface area (Å²) in [5.74, 6) is 0.342. The van der Waals surface area contributed by atoms with E-state index in [2.05, 4.69) is 17.6 Å². The van der Waals surface area contributed by atoms with Crippen molar-refractivity contribution in [1.29, 1.82) is 0 Å².